The summed E-state index contributed by atoms with van der Waals surface area (Å²) >= 11 is 0. The maximum absolute atomic E-state index is 5.98. The van der Waals surface area contributed by atoms with Gasteiger partial charge in [0.1, 0.15) is 11.3 Å². The van der Waals surface area contributed by atoms with Crippen LogP contribution in [-0.4, -0.2) is 31.1 Å². The maximum atomic E-state index is 5.98. The summed E-state index contributed by atoms with van der Waals surface area (Å²) in [5.74, 6) is 0.841. The van der Waals surface area contributed by atoms with Crippen molar-refractivity contribution in [2.24, 2.45) is 5.73 Å². The van der Waals surface area contributed by atoms with Gasteiger partial charge in [-0.3, -0.25) is 0 Å². The number of rotatable bonds is 5. The number of piperidine rings is 1. The molecule has 4 nitrogen and oxygen atoms in total. The predicted molar refractivity (Wildman–Crippen MR) is 84.0 cm³/mol. The van der Waals surface area contributed by atoms with E-state index in [-0.39, 0.29) is 0 Å². The van der Waals surface area contributed by atoms with Crippen LogP contribution in [0.15, 0.2) is 28.7 Å². The van der Waals surface area contributed by atoms with E-state index >= 15 is 0 Å². The molecule has 3 rings (SSSR count). The van der Waals surface area contributed by atoms with Crippen LogP contribution in [0.3, 0.4) is 0 Å². The Bertz CT molecular complexity index is 593. The Kier molecular flexibility index (Phi) is 4.58. The van der Waals surface area contributed by atoms with Crippen molar-refractivity contribution >= 4 is 11.0 Å². The highest BCUT2D eigenvalue weighted by Gasteiger charge is 2.19. The molecule has 1 unspecified atom stereocenters. The SMILES string of the molecule is CN1CCCCC1COCc1c(CN)oc2ccccc12. The highest BCUT2D eigenvalue weighted by Crippen LogP contribution is 2.26. The first-order valence-electron chi connectivity index (χ1n) is 7.77. The molecular weight excluding hydrogens is 264 g/mol. The van der Waals surface area contributed by atoms with Crippen molar-refractivity contribution in [2.45, 2.75) is 38.5 Å². The van der Waals surface area contributed by atoms with Gasteiger partial charge in [-0.1, -0.05) is 24.6 Å². The average Bonchev–Trinajstić information content (AvgIpc) is 2.87. The van der Waals surface area contributed by atoms with E-state index < -0.39 is 0 Å². The third-order valence-electron chi connectivity index (χ3n) is 4.45. The second-order valence-electron chi connectivity index (χ2n) is 5.85. The van der Waals surface area contributed by atoms with Crippen molar-refractivity contribution in [1.29, 1.82) is 0 Å². The molecular formula is C17H24N2O2. The molecule has 21 heavy (non-hydrogen) atoms. The molecule has 0 spiro atoms. The van der Waals surface area contributed by atoms with Gasteiger partial charge < -0.3 is 19.8 Å². The number of para-hydroxylation sites is 1. The summed E-state index contributed by atoms with van der Waals surface area (Å²) in [5, 5.41) is 1.12. The van der Waals surface area contributed by atoms with E-state index in [1.165, 1.54) is 25.8 Å². The van der Waals surface area contributed by atoms with Crippen LogP contribution < -0.4 is 5.73 Å². The highest BCUT2D eigenvalue weighted by atomic mass is 16.5. The fourth-order valence-corrected chi connectivity index (χ4v) is 3.12. The Labute approximate surface area is 125 Å². The van der Waals surface area contributed by atoms with Gasteiger partial charge in [-0.25, -0.2) is 0 Å². The molecule has 1 aliphatic heterocycles. The number of hydrogen-bond donors (Lipinski definition) is 1. The summed E-state index contributed by atoms with van der Waals surface area (Å²) in [4.78, 5) is 2.40. The smallest absolute Gasteiger partial charge is 0.134 e. The lowest BCUT2D eigenvalue weighted by Gasteiger charge is -2.32. The average molecular weight is 288 g/mol. The van der Waals surface area contributed by atoms with E-state index in [0.717, 1.165) is 28.9 Å². The molecule has 0 saturated carbocycles. The van der Waals surface area contributed by atoms with Crippen LogP contribution in [0.1, 0.15) is 30.6 Å². The van der Waals surface area contributed by atoms with Crippen LogP contribution in [0.5, 0.6) is 0 Å². The van der Waals surface area contributed by atoms with Gasteiger partial charge in [-0.15, -0.1) is 0 Å². The Hall–Kier alpha value is -1.36. The molecule has 114 valence electrons. The number of hydrogen-bond acceptors (Lipinski definition) is 4. The fraction of sp³-hybridized carbons (Fsp3) is 0.529. The number of nitrogens with two attached hydrogens (primary N) is 1. The van der Waals surface area contributed by atoms with Crippen LogP contribution in [0.4, 0.5) is 0 Å². The van der Waals surface area contributed by atoms with Gasteiger partial charge >= 0.3 is 0 Å². The first-order chi connectivity index (χ1) is 10.3. The van der Waals surface area contributed by atoms with Crippen molar-refractivity contribution < 1.29 is 9.15 Å². The molecule has 1 aliphatic rings. The molecule has 0 aliphatic carbocycles. The van der Waals surface area contributed by atoms with Crippen LogP contribution in [0.2, 0.25) is 0 Å². The van der Waals surface area contributed by atoms with Crippen LogP contribution in [-0.2, 0) is 17.9 Å². The monoisotopic (exact) mass is 288 g/mol. The lowest BCUT2D eigenvalue weighted by molar-refractivity contribution is 0.0442. The van der Waals surface area contributed by atoms with Gasteiger partial charge in [-0.05, 0) is 32.5 Å². The number of ether oxygens (including phenoxy) is 1. The maximum Gasteiger partial charge on any atom is 0.134 e. The van der Waals surface area contributed by atoms with Crippen LogP contribution >= 0.6 is 0 Å². The molecule has 0 radical (unpaired) electrons. The minimum atomic E-state index is 0.413. The Morgan fingerprint density at radius 1 is 1.33 bits per heavy atom. The van der Waals surface area contributed by atoms with E-state index in [9.17, 15) is 0 Å². The van der Waals surface area contributed by atoms with E-state index in [2.05, 4.69) is 18.0 Å². The summed E-state index contributed by atoms with van der Waals surface area (Å²) in [7, 11) is 2.19. The van der Waals surface area contributed by atoms with Gasteiger partial charge in [0.15, 0.2) is 0 Å². The lowest BCUT2D eigenvalue weighted by atomic mass is 10.0. The number of benzene rings is 1. The summed E-state index contributed by atoms with van der Waals surface area (Å²) in [5.41, 5.74) is 7.79. The minimum absolute atomic E-state index is 0.413. The molecule has 1 fully saturated rings. The van der Waals surface area contributed by atoms with E-state index in [4.69, 9.17) is 14.9 Å². The summed E-state index contributed by atoms with van der Waals surface area (Å²) < 4.78 is 11.8. The van der Waals surface area contributed by atoms with Crippen molar-refractivity contribution in [3.8, 4) is 0 Å². The van der Waals surface area contributed by atoms with Gasteiger partial charge in [-0.2, -0.15) is 0 Å². The molecule has 4 heteroatoms. The molecule has 1 aromatic carbocycles. The number of fused-ring (bicyclic) bond motifs is 1. The Balaban J connectivity index is 1.67. The van der Waals surface area contributed by atoms with Gasteiger partial charge in [0.25, 0.3) is 0 Å². The molecule has 1 aromatic heterocycles. The van der Waals surface area contributed by atoms with Crippen molar-refractivity contribution in [3.63, 3.8) is 0 Å². The zero-order valence-corrected chi connectivity index (χ0v) is 12.7. The first-order valence-corrected chi connectivity index (χ1v) is 7.77. The van der Waals surface area contributed by atoms with Gasteiger partial charge in [0.05, 0.1) is 19.8 Å². The topological polar surface area (TPSA) is 51.6 Å². The third kappa shape index (κ3) is 3.12. The van der Waals surface area contributed by atoms with E-state index in [0.29, 0.717) is 19.2 Å². The van der Waals surface area contributed by atoms with E-state index in [1.807, 2.05) is 18.2 Å². The number of furan rings is 1. The normalized spacial score (nSPS) is 20.2. The van der Waals surface area contributed by atoms with Gasteiger partial charge in [0.2, 0.25) is 0 Å². The Morgan fingerprint density at radius 3 is 3.00 bits per heavy atom. The molecule has 0 amide bonds. The largest absolute Gasteiger partial charge is 0.459 e. The standard InChI is InChI=1S/C17H24N2O2/c1-19-9-5-4-6-13(19)11-20-12-15-14-7-2-3-8-16(14)21-17(15)10-18/h2-3,7-8,13H,4-6,9-12,18H2,1H3. The molecule has 0 bridgehead atoms. The molecule has 2 heterocycles. The predicted octanol–water partition coefficient (Wildman–Crippen LogP) is 2.89. The summed E-state index contributed by atoms with van der Waals surface area (Å²) in [6.45, 7) is 2.95. The molecule has 2 N–H and O–H groups in total. The van der Waals surface area contributed by atoms with Crippen molar-refractivity contribution in [1.82, 2.24) is 4.90 Å². The van der Waals surface area contributed by atoms with Crippen LogP contribution in [0, 0.1) is 0 Å². The zero-order valence-electron chi connectivity index (χ0n) is 12.7. The minimum Gasteiger partial charge on any atom is -0.459 e. The highest BCUT2D eigenvalue weighted by molar-refractivity contribution is 5.82. The first kappa shape index (κ1) is 14.6. The summed E-state index contributed by atoms with van der Waals surface area (Å²) in [6, 6.07) is 8.60. The second kappa shape index (κ2) is 6.60. The zero-order chi connectivity index (χ0) is 14.7. The number of nitrogens with zero attached hydrogens (tertiary/aromatic N) is 1. The third-order valence-corrected chi connectivity index (χ3v) is 4.45. The van der Waals surface area contributed by atoms with Crippen molar-refractivity contribution in [2.75, 3.05) is 20.2 Å². The van der Waals surface area contributed by atoms with E-state index in [1.54, 1.807) is 0 Å². The molecule has 1 saturated heterocycles. The fourth-order valence-electron chi connectivity index (χ4n) is 3.12. The quantitative estimate of drug-likeness (QED) is 0.919. The lowest BCUT2D eigenvalue weighted by Crippen LogP contribution is -2.39. The number of likely N-dealkylation sites (N-methyl/N-ethyl adjacent to an activating group) is 1. The number of likely N-dealkylation sites (tertiary alicyclic amines) is 1. The van der Waals surface area contributed by atoms with Gasteiger partial charge in [0, 0.05) is 17.0 Å². The molecule has 1 atom stereocenters. The van der Waals surface area contributed by atoms with Crippen molar-refractivity contribution in [3.05, 3.63) is 35.6 Å². The van der Waals surface area contributed by atoms with Crippen LogP contribution in [0.25, 0.3) is 11.0 Å². The summed E-state index contributed by atoms with van der Waals surface area (Å²) in [6.07, 6.45) is 3.84. The second-order valence-corrected chi connectivity index (χ2v) is 5.85. The Morgan fingerprint density at radius 2 is 2.19 bits per heavy atom. The molecule has 2 aromatic rings.